The maximum absolute atomic E-state index is 13.9. The molecule has 1 unspecified atom stereocenters. The minimum atomic E-state index is -4.04. The summed E-state index contributed by atoms with van der Waals surface area (Å²) in [5.41, 5.74) is -1.86. The average Bonchev–Trinajstić information content (AvgIpc) is 2.68. The van der Waals surface area contributed by atoms with E-state index in [2.05, 4.69) is 13.8 Å². The molecule has 0 amide bonds. The summed E-state index contributed by atoms with van der Waals surface area (Å²) >= 11 is 0. The van der Waals surface area contributed by atoms with Crippen LogP contribution in [0.4, 0.5) is 4.39 Å². The molecule has 0 heterocycles. The van der Waals surface area contributed by atoms with Crippen molar-refractivity contribution in [3.05, 3.63) is 0 Å². The van der Waals surface area contributed by atoms with Gasteiger partial charge in [0.25, 0.3) is 10.1 Å². The molecule has 6 heteroatoms. The number of halogens is 1. The second-order valence-corrected chi connectivity index (χ2v) is 9.90. The van der Waals surface area contributed by atoms with Gasteiger partial charge in [-0.2, -0.15) is 8.42 Å². The summed E-state index contributed by atoms with van der Waals surface area (Å²) in [6.45, 7) is 4.52. The summed E-state index contributed by atoms with van der Waals surface area (Å²) < 4.78 is 42.4. The summed E-state index contributed by atoms with van der Waals surface area (Å²) in [4.78, 5) is 0. The second kappa shape index (κ2) is 23.1. The molecule has 0 spiro atoms. The van der Waals surface area contributed by atoms with E-state index in [0.717, 1.165) is 32.1 Å². The van der Waals surface area contributed by atoms with E-state index in [0.29, 0.717) is 12.8 Å². The molecule has 0 aliphatic rings. The Morgan fingerprint density at radius 1 is 0.621 bits per heavy atom. The Hall–Kier alpha value is 0.437. The van der Waals surface area contributed by atoms with Crippen LogP contribution in [-0.2, 0) is 14.3 Å². The topological polar surface area (TPSA) is 43.4 Å². The summed E-state index contributed by atoms with van der Waals surface area (Å²) in [7, 11) is -4.04. The fourth-order valence-electron chi connectivity index (χ4n) is 3.42. The van der Waals surface area contributed by atoms with Gasteiger partial charge in [0.2, 0.25) is 5.50 Å². The molecular weight excluding hydrogens is 382 g/mol. The van der Waals surface area contributed by atoms with Gasteiger partial charge in [0.1, 0.15) is 0 Å². The van der Waals surface area contributed by atoms with Gasteiger partial charge in [-0.25, -0.2) is 4.39 Å². The van der Waals surface area contributed by atoms with Crippen LogP contribution in [0.15, 0.2) is 0 Å². The Balaban J connectivity index is 0. The van der Waals surface area contributed by atoms with Crippen molar-refractivity contribution in [2.45, 2.75) is 141 Å². The molecule has 0 radical (unpaired) electrons. The van der Waals surface area contributed by atoms with Crippen molar-refractivity contribution in [2.24, 2.45) is 0 Å². The first-order chi connectivity index (χ1) is 13.5. The normalized spacial score (nSPS) is 12.7. The third-order valence-electron chi connectivity index (χ3n) is 5.34. The van der Waals surface area contributed by atoms with Gasteiger partial charge in [-0.05, 0) is 19.3 Å². The Kier molecular flexibility index (Phi) is 25.2. The van der Waals surface area contributed by atoms with E-state index in [1.807, 2.05) is 0 Å². The first kappa shape index (κ1) is 31.6. The summed E-state index contributed by atoms with van der Waals surface area (Å²) in [6, 6.07) is 0. The van der Waals surface area contributed by atoms with Crippen LogP contribution in [0.2, 0.25) is 0 Å². The molecular formula is C23H48FLiO3S. The van der Waals surface area contributed by atoms with Gasteiger partial charge >= 0.3 is 18.9 Å². The zero-order valence-corrected chi connectivity index (χ0v) is 19.5. The molecule has 0 aliphatic carbocycles. The van der Waals surface area contributed by atoms with Crippen LogP contribution < -0.4 is 0 Å². The van der Waals surface area contributed by atoms with Gasteiger partial charge in [0.05, 0.1) is 6.61 Å². The molecule has 0 aromatic carbocycles. The van der Waals surface area contributed by atoms with Crippen molar-refractivity contribution in [3.63, 3.8) is 0 Å². The molecule has 3 nitrogen and oxygen atoms in total. The van der Waals surface area contributed by atoms with E-state index in [1.165, 1.54) is 70.6 Å². The zero-order valence-electron chi connectivity index (χ0n) is 18.7. The number of rotatable bonds is 22. The summed E-state index contributed by atoms with van der Waals surface area (Å²) in [5, 5.41) is 0. The van der Waals surface area contributed by atoms with Crippen LogP contribution in [0.5, 0.6) is 0 Å². The Labute approximate surface area is 193 Å². The fourth-order valence-corrected chi connectivity index (χ4v) is 4.37. The van der Waals surface area contributed by atoms with Crippen LogP contribution in [-0.4, -0.2) is 39.4 Å². The Bertz CT molecular complexity index is 418. The van der Waals surface area contributed by atoms with Crippen molar-refractivity contribution >= 4 is 29.0 Å². The maximum atomic E-state index is 13.9. The van der Waals surface area contributed by atoms with Gasteiger partial charge < -0.3 is 0 Å². The van der Waals surface area contributed by atoms with Gasteiger partial charge in [0.15, 0.2) is 0 Å². The predicted molar refractivity (Wildman–Crippen MR) is 126 cm³/mol. The molecule has 0 saturated heterocycles. The van der Waals surface area contributed by atoms with E-state index in [9.17, 15) is 12.8 Å². The first-order valence-corrected chi connectivity index (χ1v) is 13.5. The van der Waals surface area contributed by atoms with E-state index >= 15 is 0 Å². The van der Waals surface area contributed by atoms with Crippen LogP contribution >= 0.6 is 0 Å². The molecule has 0 rings (SSSR count). The van der Waals surface area contributed by atoms with Gasteiger partial charge in [-0.3, -0.25) is 4.18 Å². The third-order valence-corrected chi connectivity index (χ3v) is 6.70. The molecule has 0 saturated carbocycles. The van der Waals surface area contributed by atoms with Crippen molar-refractivity contribution in [1.82, 2.24) is 0 Å². The predicted octanol–water partition coefficient (Wildman–Crippen LogP) is 7.43. The van der Waals surface area contributed by atoms with E-state index in [-0.39, 0.29) is 31.9 Å². The fraction of sp³-hybridized carbons (Fsp3) is 1.00. The van der Waals surface area contributed by atoms with Crippen LogP contribution in [0.1, 0.15) is 136 Å². The summed E-state index contributed by atoms with van der Waals surface area (Å²) in [5.74, 6) is 0. The molecule has 0 fully saturated rings. The first-order valence-electron chi connectivity index (χ1n) is 12.1. The average molecular weight is 431 g/mol. The number of hydrogen-bond donors (Lipinski definition) is 0. The molecule has 0 aliphatic heterocycles. The van der Waals surface area contributed by atoms with E-state index < -0.39 is 15.6 Å². The standard InChI is InChI=1S/C23H47FO3S.Li.H/c1-3-5-7-9-11-12-13-14-15-16-18-20-22-27-28(25,26)23(24)21-19-17-10-8-6-4-2;;/h23H,3-22H2,1-2H3;;. The van der Waals surface area contributed by atoms with Crippen molar-refractivity contribution in [1.29, 1.82) is 0 Å². The van der Waals surface area contributed by atoms with Crippen molar-refractivity contribution < 1.29 is 17.0 Å². The Morgan fingerprint density at radius 2 is 0.966 bits per heavy atom. The van der Waals surface area contributed by atoms with Crippen LogP contribution in [0, 0.1) is 0 Å². The molecule has 0 aromatic rings. The minimum absolute atomic E-state index is 0. The molecule has 172 valence electrons. The second-order valence-electron chi connectivity index (χ2n) is 8.17. The molecule has 0 N–H and O–H groups in total. The molecule has 0 bridgehead atoms. The van der Waals surface area contributed by atoms with Gasteiger partial charge in [-0.15, -0.1) is 0 Å². The molecule has 0 aromatic heterocycles. The third kappa shape index (κ3) is 21.5. The number of unbranched alkanes of at least 4 members (excludes halogenated alkanes) is 16. The van der Waals surface area contributed by atoms with Crippen molar-refractivity contribution in [3.8, 4) is 0 Å². The number of hydrogen-bond acceptors (Lipinski definition) is 3. The zero-order chi connectivity index (χ0) is 20.9. The van der Waals surface area contributed by atoms with Crippen molar-refractivity contribution in [2.75, 3.05) is 6.61 Å². The van der Waals surface area contributed by atoms with Crippen LogP contribution in [0.25, 0.3) is 0 Å². The monoisotopic (exact) mass is 430 g/mol. The van der Waals surface area contributed by atoms with Gasteiger partial charge in [-0.1, -0.05) is 117 Å². The summed E-state index contributed by atoms with van der Waals surface area (Å²) in [6.07, 6.45) is 20.8. The molecule has 29 heavy (non-hydrogen) atoms. The van der Waals surface area contributed by atoms with E-state index in [4.69, 9.17) is 4.18 Å². The van der Waals surface area contributed by atoms with E-state index in [1.54, 1.807) is 0 Å². The van der Waals surface area contributed by atoms with Crippen LogP contribution in [0.3, 0.4) is 0 Å². The quantitative estimate of drug-likeness (QED) is 0.102. The Morgan fingerprint density at radius 3 is 1.38 bits per heavy atom. The van der Waals surface area contributed by atoms with Gasteiger partial charge in [0, 0.05) is 0 Å². The number of alkyl halides is 1. The molecule has 1 atom stereocenters. The SMILES string of the molecule is CCCCCCCCCCCCCCOS(=O)(=O)C(F)CCCCCCCC.[LiH].